The molecule has 0 spiro atoms. The number of nitrogens with zero attached hydrogens (tertiary/aromatic N) is 3. The van der Waals surface area contributed by atoms with Crippen LogP contribution in [0.2, 0.25) is 0 Å². The van der Waals surface area contributed by atoms with Crippen LogP contribution in [0.3, 0.4) is 0 Å². The van der Waals surface area contributed by atoms with E-state index in [0.717, 1.165) is 0 Å². The van der Waals surface area contributed by atoms with Crippen LogP contribution in [0.4, 0.5) is 5.69 Å². The summed E-state index contributed by atoms with van der Waals surface area (Å²) >= 11 is 0. The molecule has 0 fully saturated rings. The van der Waals surface area contributed by atoms with Gasteiger partial charge >= 0.3 is 5.97 Å². The van der Waals surface area contributed by atoms with Crippen LogP contribution in [0.1, 0.15) is 29.3 Å². The molecule has 9 heteroatoms. The van der Waals surface area contributed by atoms with Gasteiger partial charge in [-0.25, -0.2) is 0 Å². The zero-order valence-electron chi connectivity index (χ0n) is 17.6. The van der Waals surface area contributed by atoms with Crippen molar-refractivity contribution in [3.63, 3.8) is 0 Å². The topological polar surface area (TPSA) is 129 Å². The summed E-state index contributed by atoms with van der Waals surface area (Å²) in [7, 11) is 3.51. The third kappa shape index (κ3) is 7.31. The summed E-state index contributed by atoms with van der Waals surface area (Å²) in [5.41, 5.74) is 1.56. The summed E-state index contributed by atoms with van der Waals surface area (Å²) in [6.45, 7) is 0.997. The minimum atomic E-state index is -1.24. The normalized spacial score (nSPS) is 12.9. The lowest BCUT2D eigenvalue weighted by molar-refractivity contribution is -0.147. The maximum atomic E-state index is 12.6. The SMILES string of the molecule is CC(O)C(CC(=O)COc1ccc(C(=O)c2ccc(N=NN(C)C)cc2)cc1)C(=O)O. The second-order valence-corrected chi connectivity index (χ2v) is 7.15. The van der Waals surface area contributed by atoms with E-state index in [1.807, 2.05) is 0 Å². The standard InChI is InChI=1S/C22H25N3O6/c1-14(26)20(22(29)30)12-18(27)13-31-19-10-6-16(7-11-19)21(28)15-4-8-17(9-5-15)23-24-25(2)3/h4-11,14,20,26H,12-13H2,1-3H3,(H,29,30). The number of aliphatic carboxylic acids is 1. The van der Waals surface area contributed by atoms with Crippen LogP contribution in [0.5, 0.6) is 5.75 Å². The van der Waals surface area contributed by atoms with Gasteiger partial charge in [0, 0.05) is 31.6 Å². The Morgan fingerprint density at radius 2 is 1.55 bits per heavy atom. The number of aliphatic hydroxyl groups excluding tert-OH is 1. The van der Waals surface area contributed by atoms with E-state index in [1.54, 1.807) is 67.6 Å². The molecule has 164 valence electrons. The molecule has 9 nitrogen and oxygen atoms in total. The molecular formula is C22H25N3O6. The van der Waals surface area contributed by atoms with Crippen LogP contribution in [0.25, 0.3) is 0 Å². The first-order valence-corrected chi connectivity index (χ1v) is 9.56. The minimum absolute atomic E-state index is 0.181. The molecule has 0 heterocycles. The largest absolute Gasteiger partial charge is 0.486 e. The van der Waals surface area contributed by atoms with E-state index >= 15 is 0 Å². The Hall–Kier alpha value is -3.59. The first kappa shape index (κ1) is 23.7. The van der Waals surface area contributed by atoms with Crippen LogP contribution < -0.4 is 4.74 Å². The predicted octanol–water partition coefficient (Wildman–Crippen LogP) is 2.90. The van der Waals surface area contributed by atoms with Crippen molar-refractivity contribution in [2.45, 2.75) is 19.4 Å². The molecule has 0 bridgehead atoms. The van der Waals surface area contributed by atoms with E-state index < -0.39 is 23.8 Å². The number of benzene rings is 2. The molecule has 31 heavy (non-hydrogen) atoms. The number of carbonyl (C=O) groups excluding carboxylic acids is 2. The molecular weight excluding hydrogens is 402 g/mol. The van der Waals surface area contributed by atoms with Gasteiger partial charge in [-0.05, 0) is 55.5 Å². The molecule has 2 atom stereocenters. The summed E-state index contributed by atoms with van der Waals surface area (Å²) < 4.78 is 5.37. The van der Waals surface area contributed by atoms with Gasteiger partial charge in [-0.15, -0.1) is 5.11 Å². The first-order valence-electron chi connectivity index (χ1n) is 9.56. The van der Waals surface area contributed by atoms with Crippen molar-refractivity contribution in [1.29, 1.82) is 0 Å². The molecule has 2 N–H and O–H groups in total. The Morgan fingerprint density at radius 1 is 1.00 bits per heavy atom. The van der Waals surface area contributed by atoms with Gasteiger partial charge in [0.05, 0.1) is 17.7 Å². The molecule has 2 unspecified atom stereocenters. The molecule has 0 aliphatic carbocycles. The molecule has 0 aliphatic heterocycles. The van der Waals surface area contributed by atoms with Gasteiger partial charge in [-0.1, -0.05) is 5.22 Å². The van der Waals surface area contributed by atoms with Crippen molar-refractivity contribution in [2.24, 2.45) is 16.3 Å². The summed E-state index contributed by atoms with van der Waals surface area (Å²) in [5.74, 6) is -2.67. The predicted molar refractivity (Wildman–Crippen MR) is 112 cm³/mol. The molecule has 2 aromatic rings. The fraction of sp³-hybridized carbons (Fsp3) is 0.318. The van der Waals surface area contributed by atoms with Gasteiger partial charge in [0.25, 0.3) is 0 Å². The highest BCUT2D eigenvalue weighted by atomic mass is 16.5. The highest BCUT2D eigenvalue weighted by Gasteiger charge is 2.26. The summed E-state index contributed by atoms with van der Waals surface area (Å²) in [4.78, 5) is 35.6. The fourth-order valence-electron chi connectivity index (χ4n) is 2.62. The Kier molecular flexibility index (Phi) is 8.39. The average Bonchev–Trinajstić information content (AvgIpc) is 2.74. The summed E-state index contributed by atoms with van der Waals surface area (Å²) in [6.07, 6.45) is -1.47. The number of aliphatic hydroxyl groups is 1. The van der Waals surface area contributed by atoms with Crippen molar-refractivity contribution in [2.75, 3.05) is 20.7 Å². The third-order valence-corrected chi connectivity index (χ3v) is 4.33. The number of ether oxygens (including phenoxy) is 1. The highest BCUT2D eigenvalue weighted by molar-refractivity contribution is 6.09. The smallest absolute Gasteiger partial charge is 0.309 e. The van der Waals surface area contributed by atoms with Crippen LogP contribution in [0.15, 0.2) is 58.9 Å². The summed E-state index contributed by atoms with van der Waals surface area (Å²) in [5, 5.41) is 27.9. The lowest BCUT2D eigenvalue weighted by Gasteiger charge is -2.14. The number of rotatable bonds is 11. The number of carboxylic acids is 1. The van der Waals surface area contributed by atoms with E-state index in [4.69, 9.17) is 9.84 Å². The fourth-order valence-corrected chi connectivity index (χ4v) is 2.62. The molecule has 0 aliphatic rings. The van der Waals surface area contributed by atoms with Crippen molar-refractivity contribution in [3.05, 3.63) is 59.7 Å². The number of Topliss-reactive ketones (excluding diaryl/α,β-unsaturated/α-hetero) is 1. The Morgan fingerprint density at radius 3 is 2.03 bits per heavy atom. The first-order chi connectivity index (χ1) is 14.7. The Balaban J connectivity index is 1.94. The molecule has 2 aromatic carbocycles. The zero-order valence-corrected chi connectivity index (χ0v) is 17.6. The number of carboxylic acid groups (broad SMARTS) is 1. The summed E-state index contributed by atoms with van der Waals surface area (Å²) in [6, 6.07) is 13.0. The van der Waals surface area contributed by atoms with Crippen molar-refractivity contribution in [3.8, 4) is 5.75 Å². The van der Waals surface area contributed by atoms with E-state index in [2.05, 4.69) is 10.3 Å². The molecule has 0 aromatic heterocycles. The highest BCUT2D eigenvalue weighted by Crippen LogP contribution is 2.19. The monoisotopic (exact) mass is 427 g/mol. The van der Waals surface area contributed by atoms with Crippen molar-refractivity contribution < 1.29 is 29.3 Å². The van der Waals surface area contributed by atoms with Gasteiger partial charge in [0.1, 0.15) is 12.4 Å². The van der Waals surface area contributed by atoms with Crippen molar-refractivity contribution in [1.82, 2.24) is 5.01 Å². The zero-order chi connectivity index (χ0) is 23.0. The molecule has 2 rings (SSSR count). The third-order valence-electron chi connectivity index (χ3n) is 4.33. The van der Waals surface area contributed by atoms with Gasteiger partial charge in [0.2, 0.25) is 0 Å². The van der Waals surface area contributed by atoms with Gasteiger partial charge in [-0.2, -0.15) is 0 Å². The van der Waals surface area contributed by atoms with E-state index in [0.29, 0.717) is 22.6 Å². The maximum Gasteiger partial charge on any atom is 0.309 e. The number of ketones is 2. The number of carbonyl (C=O) groups is 3. The van der Waals surface area contributed by atoms with Gasteiger partial charge in [-0.3, -0.25) is 19.4 Å². The van der Waals surface area contributed by atoms with E-state index in [-0.39, 0.29) is 18.8 Å². The lowest BCUT2D eigenvalue weighted by atomic mass is 9.98. The lowest BCUT2D eigenvalue weighted by Crippen LogP contribution is -2.29. The maximum absolute atomic E-state index is 12.6. The average molecular weight is 427 g/mol. The minimum Gasteiger partial charge on any atom is -0.486 e. The molecule has 0 amide bonds. The Bertz CT molecular complexity index is 937. The van der Waals surface area contributed by atoms with E-state index in [9.17, 15) is 19.5 Å². The van der Waals surface area contributed by atoms with Crippen molar-refractivity contribution >= 4 is 23.2 Å². The van der Waals surface area contributed by atoms with Crippen LogP contribution >= 0.6 is 0 Å². The quantitative estimate of drug-likeness (QED) is 0.320. The van der Waals surface area contributed by atoms with Crippen LogP contribution in [0, 0.1) is 5.92 Å². The van der Waals surface area contributed by atoms with Gasteiger partial charge < -0.3 is 14.9 Å². The second kappa shape index (κ2) is 11.0. The van der Waals surface area contributed by atoms with Gasteiger partial charge in [0.15, 0.2) is 11.6 Å². The molecule has 0 saturated heterocycles. The molecule has 0 radical (unpaired) electrons. The van der Waals surface area contributed by atoms with E-state index in [1.165, 1.54) is 6.92 Å². The van der Waals surface area contributed by atoms with Crippen LogP contribution in [-0.2, 0) is 9.59 Å². The Labute approximate surface area is 180 Å². The number of hydrogen-bond donors (Lipinski definition) is 2. The molecule has 0 saturated carbocycles. The number of hydrogen-bond acceptors (Lipinski definition) is 7. The second-order valence-electron chi connectivity index (χ2n) is 7.15. The van der Waals surface area contributed by atoms with Crippen LogP contribution in [-0.4, -0.2) is 59.6 Å².